The maximum atomic E-state index is 12.2. The molecule has 6 heteroatoms. The van der Waals surface area contributed by atoms with Crippen LogP contribution in [0.5, 0.6) is 0 Å². The smallest absolute Gasteiger partial charge is 0.237 e. The van der Waals surface area contributed by atoms with Crippen LogP contribution < -0.4 is 10.6 Å². The van der Waals surface area contributed by atoms with E-state index in [1.54, 1.807) is 6.33 Å². The fourth-order valence-electron chi connectivity index (χ4n) is 2.93. The highest BCUT2D eigenvalue weighted by molar-refractivity contribution is 5.82. The molecule has 2 unspecified atom stereocenters. The Morgan fingerprint density at radius 2 is 2.53 bits per heavy atom. The monoisotopic (exact) mass is 263 g/mol. The summed E-state index contributed by atoms with van der Waals surface area (Å²) in [5, 5.41) is 6.32. The summed E-state index contributed by atoms with van der Waals surface area (Å²) in [6.45, 7) is 2.58. The van der Waals surface area contributed by atoms with E-state index >= 15 is 0 Å². The van der Waals surface area contributed by atoms with Crippen molar-refractivity contribution in [2.45, 2.75) is 37.9 Å². The zero-order valence-corrected chi connectivity index (χ0v) is 11.3. The lowest BCUT2D eigenvalue weighted by atomic mass is 10.0. The van der Waals surface area contributed by atoms with Crippen LogP contribution in [0.4, 0.5) is 0 Å². The van der Waals surface area contributed by atoms with Gasteiger partial charge in [0.25, 0.3) is 0 Å². The summed E-state index contributed by atoms with van der Waals surface area (Å²) in [6.07, 6.45) is 4.78. The summed E-state index contributed by atoms with van der Waals surface area (Å²) in [7, 11) is 2.12. The molecular formula is C13H21N5O. The first kappa shape index (κ1) is 12.6. The summed E-state index contributed by atoms with van der Waals surface area (Å²) in [5.74, 6) is 0.0916. The van der Waals surface area contributed by atoms with Gasteiger partial charge < -0.3 is 15.2 Å². The Balaban J connectivity index is 1.51. The number of hydrogen-bond acceptors (Lipinski definition) is 4. The van der Waals surface area contributed by atoms with E-state index in [0.717, 1.165) is 24.5 Å². The highest BCUT2D eigenvalue weighted by Crippen LogP contribution is 2.14. The van der Waals surface area contributed by atoms with Crippen LogP contribution in [0, 0.1) is 0 Å². The number of nitrogens with zero attached hydrogens (tertiary/aromatic N) is 2. The largest absolute Gasteiger partial charge is 0.353 e. The molecule has 2 aliphatic heterocycles. The average Bonchev–Trinajstić information content (AvgIpc) is 3.03. The predicted octanol–water partition coefficient (Wildman–Crippen LogP) is -0.366. The lowest BCUT2D eigenvalue weighted by molar-refractivity contribution is -0.123. The second-order valence-electron chi connectivity index (χ2n) is 5.49. The fraction of sp³-hybridized carbons (Fsp3) is 0.692. The number of fused-ring (bicyclic) bond motifs is 1. The molecule has 0 saturated carbocycles. The minimum absolute atomic E-state index is 0.0916. The molecule has 1 amide bonds. The SMILES string of the molecule is CN1CCCC1CNC(=O)C1Cc2nc[nH]c2CN1. The molecule has 2 aliphatic rings. The number of nitrogens with one attached hydrogen (secondary N) is 3. The minimum Gasteiger partial charge on any atom is -0.353 e. The number of aromatic amines is 1. The van der Waals surface area contributed by atoms with E-state index in [9.17, 15) is 4.79 Å². The molecule has 6 nitrogen and oxygen atoms in total. The Bertz CT molecular complexity index is 458. The maximum Gasteiger partial charge on any atom is 0.237 e. The molecule has 0 aromatic carbocycles. The number of rotatable bonds is 3. The van der Waals surface area contributed by atoms with E-state index < -0.39 is 0 Å². The van der Waals surface area contributed by atoms with Gasteiger partial charge in [-0.1, -0.05) is 0 Å². The van der Waals surface area contributed by atoms with Crippen molar-refractivity contribution in [3.8, 4) is 0 Å². The van der Waals surface area contributed by atoms with Crippen LogP contribution in [-0.2, 0) is 17.8 Å². The zero-order chi connectivity index (χ0) is 13.2. The number of H-pyrrole nitrogens is 1. The molecule has 0 bridgehead atoms. The molecule has 0 aliphatic carbocycles. The molecule has 2 atom stereocenters. The molecule has 3 heterocycles. The third-order valence-electron chi connectivity index (χ3n) is 4.23. The molecule has 104 valence electrons. The van der Waals surface area contributed by atoms with E-state index in [1.165, 1.54) is 12.8 Å². The van der Waals surface area contributed by atoms with Crippen LogP contribution in [-0.4, -0.2) is 53.0 Å². The van der Waals surface area contributed by atoms with Gasteiger partial charge in [0, 0.05) is 25.6 Å². The number of carbonyl (C=O) groups is 1. The first-order valence-corrected chi connectivity index (χ1v) is 6.96. The van der Waals surface area contributed by atoms with Gasteiger partial charge in [-0.25, -0.2) is 4.98 Å². The van der Waals surface area contributed by atoms with Crippen LogP contribution in [0.15, 0.2) is 6.33 Å². The van der Waals surface area contributed by atoms with Gasteiger partial charge >= 0.3 is 0 Å². The molecular weight excluding hydrogens is 242 g/mol. The summed E-state index contributed by atoms with van der Waals surface area (Å²) in [4.78, 5) is 21.8. The highest BCUT2D eigenvalue weighted by Gasteiger charge is 2.27. The van der Waals surface area contributed by atoms with E-state index in [2.05, 4.69) is 32.5 Å². The van der Waals surface area contributed by atoms with Gasteiger partial charge in [0.1, 0.15) is 0 Å². The topological polar surface area (TPSA) is 73.0 Å². The van der Waals surface area contributed by atoms with Crippen molar-refractivity contribution in [1.82, 2.24) is 25.5 Å². The lowest BCUT2D eigenvalue weighted by Crippen LogP contribution is -2.50. The van der Waals surface area contributed by atoms with Crippen molar-refractivity contribution in [2.75, 3.05) is 20.1 Å². The van der Waals surface area contributed by atoms with Crippen LogP contribution in [0.2, 0.25) is 0 Å². The minimum atomic E-state index is -0.150. The van der Waals surface area contributed by atoms with Gasteiger partial charge in [-0.3, -0.25) is 10.1 Å². The van der Waals surface area contributed by atoms with Gasteiger partial charge in [0.2, 0.25) is 5.91 Å². The Morgan fingerprint density at radius 3 is 3.32 bits per heavy atom. The molecule has 1 aromatic rings. The quantitative estimate of drug-likeness (QED) is 0.696. The van der Waals surface area contributed by atoms with Crippen molar-refractivity contribution in [2.24, 2.45) is 0 Å². The van der Waals surface area contributed by atoms with Gasteiger partial charge in [-0.15, -0.1) is 0 Å². The summed E-state index contributed by atoms with van der Waals surface area (Å²) < 4.78 is 0. The second-order valence-corrected chi connectivity index (χ2v) is 5.49. The Labute approximate surface area is 113 Å². The summed E-state index contributed by atoms with van der Waals surface area (Å²) in [6, 6.07) is 0.344. The lowest BCUT2D eigenvalue weighted by Gasteiger charge is -2.24. The Hall–Kier alpha value is -1.40. The van der Waals surface area contributed by atoms with Crippen LogP contribution in [0.3, 0.4) is 0 Å². The first-order chi connectivity index (χ1) is 9.24. The van der Waals surface area contributed by atoms with Gasteiger partial charge in [0.05, 0.1) is 23.8 Å². The zero-order valence-electron chi connectivity index (χ0n) is 11.3. The number of likely N-dealkylation sites (tertiary alicyclic amines) is 1. The van der Waals surface area contributed by atoms with E-state index in [1.807, 2.05) is 0 Å². The molecule has 3 rings (SSSR count). The van der Waals surface area contributed by atoms with Crippen molar-refractivity contribution in [1.29, 1.82) is 0 Å². The molecule has 1 saturated heterocycles. The van der Waals surface area contributed by atoms with Crippen molar-refractivity contribution in [3.05, 3.63) is 17.7 Å². The third-order valence-corrected chi connectivity index (χ3v) is 4.23. The summed E-state index contributed by atoms with van der Waals surface area (Å²) >= 11 is 0. The molecule has 1 fully saturated rings. The summed E-state index contributed by atoms with van der Waals surface area (Å²) in [5.41, 5.74) is 2.11. The van der Waals surface area contributed by atoms with Crippen LogP contribution in [0.25, 0.3) is 0 Å². The highest BCUT2D eigenvalue weighted by atomic mass is 16.2. The molecule has 0 spiro atoms. The van der Waals surface area contributed by atoms with E-state index in [0.29, 0.717) is 19.0 Å². The molecule has 3 N–H and O–H groups in total. The number of amides is 1. The van der Waals surface area contributed by atoms with Gasteiger partial charge in [-0.05, 0) is 26.4 Å². The van der Waals surface area contributed by atoms with E-state index in [-0.39, 0.29) is 11.9 Å². The normalized spacial score (nSPS) is 27.2. The Kier molecular flexibility index (Phi) is 3.52. The van der Waals surface area contributed by atoms with Crippen molar-refractivity contribution < 1.29 is 4.79 Å². The number of hydrogen-bond donors (Lipinski definition) is 3. The third kappa shape index (κ3) is 2.64. The van der Waals surface area contributed by atoms with E-state index in [4.69, 9.17) is 0 Å². The number of likely N-dealkylation sites (N-methyl/N-ethyl adjacent to an activating group) is 1. The Morgan fingerprint density at radius 1 is 1.63 bits per heavy atom. The molecule has 19 heavy (non-hydrogen) atoms. The van der Waals surface area contributed by atoms with Gasteiger partial charge in [0.15, 0.2) is 0 Å². The maximum absolute atomic E-state index is 12.2. The van der Waals surface area contributed by atoms with Crippen LogP contribution in [0.1, 0.15) is 24.2 Å². The number of imidazole rings is 1. The molecule has 1 aromatic heterocycles. The second kappa shape index (κ2) is 5.30. The fourth-order valence-corrected chi connectivity index (χ4v) is 2.93. The predicted molar refractivity (Wildman–Crippen MR) is 71.6 cm³/mol. The first-order valence-electron chi connectivity index (χ1n) is 6.96. The average molecular weight is 263 g/mol. The van der Waals surface area contributed by atoms with Gasteiger partial charge in [-0.2, -0.15) is 0 Å². The molecule has 0 radical (unpaired) electrons. The standard InChI is InChI=1S/C13H21N5O/c1-18-4-2-3-9(18)6-15-13(19)11-5-10-12(7-14-11)17-8-16-10/h8-9,11,14H,2-7H2,1H3,(H,15,19)(H,16,17). The number of aromatic nitrogens is 2. The number of carbonyl (C=O) groups excluding carboxylic acids is 1. The van der Waals surface area contributed by atoms with Crippen LogP contribution >= 0.6 is 0 Å². The van der Waals surface area contributed by atoms with Crippen molar-refractivity contribution >= 4 is 5.91 Å². The van der Waals surface area contributed by atoms with Crippen molar-refractivity contribution in [3.63, 3.8) is 0 Å².